The molecule has 0 aromatic rings. The fourth-order valence-electron chi connectivity index (χ4n) is 11.6. The highest BCUT2D eigenvalue weighted by molar-refractivity contribution is 5.76. The SMILES string of the molecule is CC/C=C\C/C=C\C/C=C\C/C=C\CCC(=O)NC(COC1OC(CO)C(OC2OC(CO)C(OC3OC(CO)C(O)C(O)C3O)C(O)C2O)C(O)C1O)C(O)/C=C/CC/C=C/CCCCCCCCCCCCCCCCCCCCCCCCCCCC. The van der Waals surface area contributed by atoms with Gasteiger partial charge in [0.1, 0.15) is 73.2 Å². The summed E-state index contributed by atoms with van der Waals surface area (Å²) in [6, 6.07) is -1.03. The van der Waals surface area contributed by atoms with Gasteiger partial charge in [0.2, 0.25) is 5.91 Å². The summed E-state index contributed by atoms with van der Waals surface area (Å²) >= 11 is 0. The van der Waals surface area contributed by atoms with Crippen molar-refractivity contribution < 1.29 is 89.4 Å². The van der Waals surface area contributed by atoms with E-state index in [-0.39, 0.29) is 12.3 Å². The second kappa shape index (κ2) is 52.5. The predicted octanol–water partition coefficient (Wildman–Crippen LogP) is 9.33. The highest BCUT2D eigenvalue weighted by atomic mass is 16.8. The molecule has 1 amide bonds. The second-order valence-electron chi connectivity index (χ2n) is 25.0. The Kier molecular flexibility index (Phi) is 47.5. The molecule has 3 saturated heterocycles. The van der Waals surface area contributed by atoms with Crippen LogP contribution < -0.4 is 5.32 Å². The number of hydrogen-bond acceptors (Lipinski definition) is 18. The lowest BCUT2D eigenvalue weighted by atomic mass is 9.96. The van der Waals surface area contributed by atoms with E-state index < -0.39 is 131 Å². The molecular formula is C71H125NO18. The standard InChI is InChI=1S/C71H125NO18/c1-3-5-7-9-11-13-15-17-18-19-20-21-22-23-24-25-26-27-28-29-30-31-32-33-34-35-37-38-40-42-44-46-48-55(76)54(72-59(77)49-47-45-43-41-39-36-16-14-12-10-8-6-4-2)53-85-69-65(83)62(80)67(57(51-74)87-69)90-71-66(84)63(81)68(58(52-75)88-71)89-70-64(82)61(79)60(78)56(50-73)86-70/h6,8,12,14,36,38-40,43,45-46,48,54-58,60-71,73-76,78-84H,3-5,7,9-11,13,15-35,37,41-42,44,47,49-53H2,1-2H3,(H,72,77)/b8-6-,14-12-,39-36-,40-38+,45-43-,48-46+. The normalized spacial score (nSPS) is 28.5. The smallest absolute Gasteiger partial charge is 0.220 e. The molecule has 3 heterocycles. The molecule has 19 nitrogen and oxygen atoms in total. The van der Waals surface area contributed by atoms with Crippen LogP contribution in [-0.2, 0) is 33.2 Å². The maximum atomic E-state index is 13.3. The largest absolute Gasteiger partial charge is 0.394 e. The Hall–Kier alpha value is -2.77. The number of aliphatic hydroxyl groups excluding tert-OH is 11. The minimum Gasteiger partial charge on any atom is -0.394 e. The third kappa shape index (κ3) is 34.1. The number of nitrogens with one attached hydrogen (secondary N) is 1. The summed E-state index contributed by atoms with van der Waals surface area (Å²) in [7, 11) is 0. The molecule has 0 bridgehead atoms. The molecule has 12 N–H and O–H groups in total. The van der Waals surface area contributed by atoms with Gasteiger partial charge >= 0.3 is 0 Å². The summed E-state index contributed by atoms with van der Waals surface area (Å²) in [6.07, 6.45) is 39.4. The number of ether oxygens (including phenoxy) is 6. The number of allylic oxidation sites excluding steroid dienone is 11. The van der Waals surface area contributed by atoms with E-state index in [1.165, 1.54) is 161 Å². The van der Waals surface area contributed by atoms with Crippen LogP contribution in [0.5, 0.6) is 0 Å². The van der Waals surface area contributed by atoms with E-state index >= 15 is 0 Å². The van der Waals surface area contributed by atoms with Gasteiger partial charge in [0.05, 0.1) is 38.6 Å². The zero-order valence-corrected chi connectivity index (χ0v) is 55.1. The van der Waals surface area contributed by atoms with Crippen molar-refractivity contribution in [2.45, 2.75) is 343 Å². The highest BCUT2D eigenvalue weighted by Crippen LogP contribution is 2.33. The Balaban J connectivity index is 1.40. The fraction of sp³-hybridized carbons (Fsp3) is 0.817. The molecule has 0 saturated carbocycles. The van der Waals surface area contributed by atoms with E-state index in [0.717, 1.165) is 38.5 Å². The van der Waals surface area contributed by atoms with Gasteiger partial charge in [-0.25, -0.2) is 0 Å². The van der Waals surface area contributed by atoms with E-state index in [9.17, 15) is 61.0 Å². The van der Waals surface area contributed by atoms with Crippen LogP contribution in [0.4, 0.5) is 0 Å². The minimum absolute atomic E-state index is 0.111. The molecule has 3 rings (SSSR count). The van der Waals surface area contributed by atoms with Gasteiger partial charge in [-0.3, -0.25) is 4.79 Å². The minimum atomic E-state index is -1.99. The van der Waals surface area contributed by atoms with Crippen molar-refractivity contribution in [3.63, 3.8) is 0 Å². The number of carbonyl (C=O) groups is 1. The molecule has 0 radical (unpaired) electrons. The van der Waals surface area contributed by atoms with Gasteiger partial charge in [-0.15, -0.1) is 0 Å². The zero-order chi connectivity index (χ0) is 65.4. The topological polar surface area (TPSA) is 307 Å². The maximum Gasteiger partial charge on any atom is 0.220 e. The number of hydrogen-bond donors (Lipinski definition) is 12. The van der Waals surface area contributed by atoms with Gasteiger partial charge < -0.3 is 89.9 Å². The summed E-state index contributed by atoms with van der Waals surface area (Å²) in [4.78, 5) is 13.3. The Morgan fingerprint density at radius 2 is 0.778 bits per heavy atom. The van der Waals surface area contributed by atoms with Crippen molar-refractivity contribution >= 4 is 5.91 Å². The molecule has 19 heteroatoms. The van der Waals surface area contributed by atoms with E-state index in [1.807, 2.05) is 18.2 Å². The number of aliphatic hydroxyl groups is 11. The molecule has 0 aliphatic carbocycles. The Labute approximate surface area is 540 Å². The van der Waals surface area contributed by atoms with Crippen molar-refractivity contribution in [3.05, 3.63) is 72.9 Å². The Morgan fingerprint density at radius 1 is 0.411 bits per heavy atom. The van der Waals surface area contributed by atoms with Gasteiger partial charge in [0, 0.05) is 6.42 Å². The highest BCUT2D eigenvalue weighted by Gasteiger charge is 2.53. The summed E-state index contributed by atoms with van der Waals surface area (Å²) in [5.74, 6) is -0.366. The monoisotopic (exact) mass is 1280 g/mol. The first-order valence-corrected chi connectivity index (χ1v) is 35.2. The van der Waals surface area contributed by atoms with Crippen LogP contribution in [0, 0.1) is 0 Å². The average molecular weight is 1280 g/mol. The predicted molar refractivity (Wildman–Crippen MR) is 351 cm³/mol. The van der Waals surface area contributed by atoms with Crippen LogP contribution in [0.2, 0.25) is 0 Å². The van der Waals surface area contributed by atoms with Crippen LogP contribution in [0.1, 0.15) is 239 Å². The van der Waals surface area contributed by atoms with Crippen molar-refractivity contribution in [1.29, 1.82) is 0 Å². The van der Waals surface area contributed by atoms with E-state index in [1.54, 1.807) is 6.08 Å². The molecule has 17 atom stereocenters. The number of amides is 1. The Morgan fingerprint density at radius 3 is 1.23 bits per heavy atom. The average Bonchev–Trinajstić information content (AvgIpc) is 0.851. The lowest BCUT2D eigenvalue weighted by Crippen LogP contribution is -2.66. The molecule has 0 aromatic carbocycles. The van der Waals surface area contributed by atoms with Crippen molar-refractivity contribution in [3.8, 4) is 0 Å². The Bertz CT molecular complexity index is 1920. The van der Waals surface area contributed by atoms with Crippen LogP contribution in [0.3, 0.4) is 0 Å². The van der Waals surface area contributed by atoms with Crippen molar-refractivity contribution in [2.75, 3.05) is 26.4 Å². The fourth-order valence-corrected chi connectivity index (χ4v) is 11.6. The van der Waals surface area contributed by atoms with Gasteiger partial charge in [-0.1, -0.05) is 247 Å². The summed E-state index contributed by atoms with van der Waals surface area (Å²) in [6.45, 7) is 1.54. The number of carbonyl (C=O) groups excluding carboxylic acids is 1. The van der Waals surface area contributed by atoms with E-state index in [4.69, 9.17) is 28.4 Å². The van der Waals surface area contributed by atoms with Crippen molar-refractivity contribution in [2.24, 2.45) is 0 Å². The van der Waals surface area contributed by atoms with Gasteiger partial charge in [-0.05, 0) is 57.8 Å². The first-order chi connectivity index (χ1) is 43.8. The first-order valence-electron chi connectivity index (χ1n) is 35.2. The number of rotatable bonds is 53. The molecule has 3 aliphatic heterocycles. The molecular weight excluding hydrogens is 1150 g/mol. The summed E-state index contributed by atoms with van der Waals surface area (Å²) < 4.78 is 34.2. The van der Waals surface area contributed by atoms with Gasteiger partial charge in [-0.2, -0.15) is 0 Å². The molecule has 3 aliphatic rings. The lowest BCUT2D eigenvalue weighted by Gasteiger charge is -2.48. The van der Waals surface area contributed by atoms with Crippen LogP contribution in [0.15, 0.2) is 72.9 Å². The number of unbranched alkanes of at least 4 members (excludes halogenated alkanes) is 27. The van der Waals surface area contributed by atoms with Crippen molar-refractivity contribution in [1.82, 2.24) is 5.32 Å². The molecule has 0 spiro atoms. The van der Waals surface area contributed by atoms with Crippen LogP contribution >= 0.6 is 0 Å². The van der Waals surface area contributed by atoms with E-state index in [0.29, 0.717) is 19.3 Å². The van der Waals surface area contributed by atoms with E-state index in [2.05, 4.69) is 67.8 Å². The maximum absolute atomic E-state index is 13.3. The second-order valence-corrected chi connectivity index (χ2v) is 25.0. The molecule has 90 heavy (non-hydrogen) atoms. The molecule has 3 fully saturated rings. The van der Waals surface area contributed by atoms with Crippen LogP contribution in [-0.4, -0.2) is 193 Å². The quantitative estimate of drug-likeness (QED) is 0.0199. The third-order valence-corrected chi connectivity index (χ3v) is 17.3. The third-order valence-electron chi connectivity index (χ3n) is 17.3. The molecule has 522 valence electrons. The zero-order valence-electron chi connectivity index (χ0n) is 55.1. The summed E-state index contributed by atoms with van der Waals surface area (Å²) in [5, 5.41) is 120. The van der Waals surface area contributed by atoms with Gasteiger partial charge in [0.25, 0.3) is 0 Å². The molecule has 0 aromatic heterocycles. The first kappa shape index (κ1) is 81.5. The summed E-state index contributed by atoms with van der Waals surface area (Å²) in [5.41, 5.74) is 0. The molecule has 17 unspecified atom stereocenters. The lowest BCUT2D eigenvalue weighted by molar-refractivity contribution is -0.379. The van der Waals surface area contributed by atoms with Gasteiger partial charge in [0.15, 0.2) is 18.9 Å². The van der Waals surface area contributed by atoms with Crippen LogP contribution in [0.25, 0.3) is 0 Å².